The minimum Gasteiger partial charge on any atom is -0.348 e. The van der Waals surface area contributed by atoms with Crippen molar-refractivity contribution in [3.63, 3.8) is 0 Å². The van der Waals surface area contributed by atoms with Crippen molar-refractivity contribution in [2.75, 3.05) is 4.90 Å². The fourth-order valence-electron chi connectivity index (χ4n) is 4.38. The van der Waals surface area contributed by atoms with Gasteiger partial charge in [-0.15, -0.1) is 0 Å². The molecular formula is C26H20ClF3N4O3S. The molecule has 0 radical (unpaired) electrons. The predicted octanol–water partition coefficient (Wildman–Crippen LogP) is 5.78. The molecule has 2 aromatic carbocycles. The number of carbonyl (C=O) groups excluding carboxylic acids is 3. The molecule has 1 N–H and O–H groups in total. The molecule has 12 heteroatoms. The standard InChI is InChI=1S/C26H20ClF3N4O3S/c27-18-3-1-16(2-4-18)13-32-22(35)21-14-31-12-9-17(21)15-33-24(37)34(23(36)25(33)10-11-25)19-5-7-20(8-6-19)38-26(28,29)30/h1-9,12,14H,10-11,13,15H2,(H,32,35). The third kappa shape index (κ3) is 5.21. The number of amides is 4. The highest BCUT2D eigenvalue weighted by molar-refractivity contribution is 8.00. The van der Waals surface area contributed by atoms with Crippen molar-refractivity contribution >= 4 is 46.9 Å². The average Bonchev–Trinajstić information content (AvgIpc) is 3.66. The van der Waals surface area contributed by atoms with Gasteiger partial charge in [-0.2, -0.15) is 13.2 Å². The van der Waals surface area contributed by atoms with Crippen LogP contribution in [0.2, 0.25) is 5.02 Å². The Hall–Kier alpha value is -3.57. The molecule has 7 nitrogen and oxygen atoms in total. The summed E-state index contributed by atoms with van der Waals surface area (Å²) in [6.45, 7) is 0.251. The molecule has 0 bridgehead atoms. The van der Waals surface area contributed by atoms with Crippen molar-refractivity contribution in [1.29, 1.82) is 0 Å². The molecule has 1 saturated carbocycles. The molecule has 1 aliphatic heterocycles. The lowest BCUT2D eigenvalue weighted by Gasteiger charge is -2.22. The molecule has 4 amide bonds. The van der Waals surface area contributed by atoms with Crippen LogP contribution in [-0.4, -0.2) is 38.8 Å². The lowest BCUT2D eigenvalue weighted by Crippen LogP contribution is -2.37. The minimum atomic E-state index is -4.45. The SMILES string of the molecule is O=C(NCc1ccc(Cl)cc1)c1cnccc1CN1C(=O)N(c2ccc(SC(F)(F)F)cc2)C(=O)C12CC2. The van der Waals surface area contributed by atoms with Crippen LogP contribution in [0.1, 0.15) is 34.3 Å². The van der Waals surface area contributed by atoms with Crippen molar-refractivity contribution in [2.45, 2.75) is 41.9 Å². The number of hydrogen-bond acceptors (Lipinski definition) is 5. The van der Waals surface area contributed by atoms with Crippen LogP contribution in [0.15, 0.2) is 71.9 Å². The first-order valence-electron chi connectivity index (χ1n) is 11.5. The van der Waals surface area contributed by atoms with Crippen LogP contribution < -0.4 is 10.2 Å². The summed E-state index contributed by atoms with van der Waals surface area (Å²) >= 11 is 5.63. The van der Waals surface area contributed by atoms with Gasteiger partial charge < -0.3 is 10.2 Å². The first-order valence-corrected chi connectivity index (χ1v) is 12.7. The zero-order valence-electron chi connectivity index (χ0n) is 19.7. The highest BCUT2D eigenvalue weighted by Gasteiger charge is 2.65. The molecular weight excluding hydrogens is 541 g/mol. The maximum atomic E-state index is 13.4. The first-order chi connectivity index (χ1) is 18.1. The Labute approximate surface area is 225 Å². The summed E-state index contributed by atoms with van der Waals surface area (Å²) in [5.41, 5.74) is -3.66. The van der Waals surface area contributed by atoms with Crippen molar-refractivity contribution in [2.24, 2.45) is 0 Å². The second kappa shape index (κ2) is 9.95. The zero-order chi connectivity index (χ0) is 27.1. The van der Waals surface area contributed by atoms with Crippen LogP contribution in [0, 0.1) is 0 Å². The number of nitrogens with one attached hydrogen (secondary N) is 1. The van der Waals surface area contributed by atoms with Gasteiger partial charge in [-0.05, 0) is 78.2 Å². The van der Waals surface area contributed by atoms with Gasteiger partial charge in [0.2, 0.25) is 0 Å². The molecule has 0 unspecified atom stereocenters. The maximum Gasteiger partial charge on any atom is 0.446 e. The number of carbonyl (C=O) groups is 3. The fourth-order valence-corrected chi connectivity index (χ4v) is 5.04. The molecule has 5 rings (SSSR count). The van der Waals surface area contributed by atoms with E-state index < -0.39 is 23.0 Å². The van der Waals surface area contributed by atoms with E-state index in [1.807, 2.05) is 0 Å². The third-order valence-corrected chi connectivity index (χ3v) is 7.43. The number of anilines is 1. The second-order valence-electron chi connectivity index (χ2n) is 8.92. The summed E-state index contributed by atoms with van der Waals surface area (Å²) in [7, 11) is 0. The Morgan fingerprint density at radius 1 is 1.05 bits per heavy atom. The Morgan fingerprint density at radius 2 is 1.74 bits per heavy atom. The van der Waals surface area contributed by atoms with Gasteiger partial charge in [-0.3, -0.25) is 14.6 Å². The number of aromatic nitrogens is 1. The average molecular weight is 561 g/mol. The minimum absolute atomic E-state index is 0.00466. The van der Waals surface area contributed by atoms with Gasteiger partial charge in [0.1, 0.15) is 5.54 Å². The molecule has 38 heavy (non-hydrogen) atoms. The summed E-state index contributed by atoms with van der Waals surface area (Å²) in [6.07, 6.45) is 3.82. The summed E-state index contributed by atoms with van der Waals surface area (Å²) in [6, 6.07) is 13.2. The van der Waals surface area contributed by atoms with E-state index in [0.717, 1.165) is 10.5 Å². The molecule has 2 fully saturated rings. The number of rotatable bonds is 7. The normalized spacial score (nSPS) is 16.3. The second-order valence-corrected chi connectivity index (χ2v) is 10.5. The number of alkyl halides is 3. The van der Waals surface area contributed by atoms with E-state index in [4.69, 9.17) is 11.6 Å². The van der Waals surface area contributed by atoms with Crippen LogP contribution in [0.5, 0.6) is 0 Å². The zero-order valence-corrected chi connectivity index (χ0v) is 21.2. The summed E-state index contributed by atoms with van der Waals surface area (Å²) in [5, 5.41) is 3.41. The Morgan fingerprint density at radius 3 is 2.37 bits per heavy atom. The van der Waals surface area contributed by atoms with Crippen LogP contribution >= 0.6 is 23.4 Å². The first kappa shape index (κ1) is 26.1. The van der Waals surface area contributed by atoms with Gasteiger partial charge in [0.25, 0.3) is 11.8 Å². The highest BCUT2D eigenvalue weighted by Crippen LogP contribution is 2.50. The number of thioether (sulfide) groups is 1. The Kier molecular flexibility index (Phi) is 6.83. The maximum absolute atomic E-state index is 13.4. The number of urea groups is 1. The Balaban J connectivity index is 1.34. The van der Waals surface area contributed by atoms with E-state index >= 15 is 0 Å². The number of hydrogen-bond donors (Lipinski definition) is 1. The highest BCUT2D eigenvalue weighted by atomic mass is 35.5. The molecule has 3 aromatic rings. The molecule has 1 saturated heterocycles. The summed E-state index contributed by atoms with van der Waals surface area (Å²) in [4.78, 5) is 46.1. The van der Waals surface area contributed by atoms with Gasteiger partial charge in [0.05, 0.1) is 11.3 Å². The van der Waals surface area contributed by atoms with Gasteiger partial charge >= 0.3 is 11.5 Å². The third-order valence-electron chi connectivity index (χ3n) is 6.44. The van der Waals surface area contributed by atoms with Crippen LogP contribution in [0.3, 0.4) is 0 Å². The smallest absolute Gasteiger partial charge is 0.348 e. The largest absolute Gasteiger partial charge is 0.446 e. The van der Waals surface area contributed by atoms with Crippen LogP contribution in [0.25, 0.3) is 0 Å². The molecule has 196 valence electrons. The van der Waals surface area contributed by atoms with Crippen molar-refractivity contribution in [1.82, 2.24) is 15.2 Å². The monoisotopic (exact) mass is 560 g/mol. The van der Waals surface area contributed by atoms with Crippen molar-refractivity contribution in [3.05, 3.63) is 88.7 Å². The Bertz CT molecular complexity index is 1400. The number of nitrogens with zero attached hydrogens (tertiary/aromatic N) is 3. The van der Waals surface area contributed by atoms with Gasteiger partial charge in [-0.1, -0.05) is 23.7 Å². The lowest BCUT2D eigenvalue weighted by molar-refractivity contribution is -0.120. The van der Waals surface area contributed by atoms with E-state index in [1.54, 1.807) is 30.3 Å². The van der Waals surface area contributed by atoms with E-state index in [0.29, 0.717) is 23.4 Å². The quantitative estimate of drug-likeness (QED) is 0.293. The van der Waals surface area contributed by atoms with E-state index in [2.05, 4.69) is 10.3 Å². The molecule has 1 spiro atoms. The van der Waals surface area contributed by atoms with Crippen LogP contribution in [-0.2, 0) is 17.9 Å². The fraction of sp³-hybridized carbons (Fsp3) is 0.231. The molecule has 0 atom stereocenters. The predicted molar refractivity (Wildman–Crippen MR) is 136 cm³/mol. The molecule has 1 aromatic heterocycles. The van der Waals surface area contributed by atoms with Gasteiger partial charge in [0, 0.05) is 35.4 Å². The molecule has 1 aliphatic carbocycles. The van der Waals surface area contributed by atoms with Gasteiger partial charge in [0.15, 0.2) is 0 Å². The lowest BCUT2D eigenvalue weighted by atomic mass is 10.1. The number of pyridine rings is 1. The molecule has 2 heterocycles. The van der Waals surface area contributed by atoms with E-state index in [1.165, 1.54) is 41.6 Å². The summed E-state index contributed by atoms with van der Waals surface area (Å²) in [5.74, 6) is -0.818. The van der Waals surface area contributed by atoms with Crippen molar-refractivity contribution < 1.29 is 27.6 Å². The molecule has 2 aliphatic rings. The van der Waals surface area contributed by atoms with Crippen LogP contribution in [0.4, 0.5) is 23.7 Å². The van der Waals surface area contributed by atoms with E-state index in [-0.39, 0.29) is 46.9 Å². The van der Waals surface area contributed by atoms with Crippen molar-refractivity contribution in [3.8, 4) is 0 Å². The number of imide groups is 1. The van der Waals surface area contributed by atoms with Gasteiger partial charge in [-0.25, -0.2) is 9.69 Å². The topological polar surface area (TPSA) is 82.6 Å². The summed E-state index contributed by atoms with van der Waals surface area (Å²) < 4.78 is 38.0. The number of halogens is 4. The number of benzene rings is 2. The van der Waals surface area contributed by atoms with E-state index in [9.17, 15) is 27.6 Å².